The minimum Gasteiger partial charge on any atom is -0.479 e. The van der Waals surface area contributed by atoms with Gasteiger partial charge in [0.25, 0.3) is 0 Å². The summed E-state index contributed by atoms with van der Waals surface area (Å²) in [6.07, 6.45) is 0. The molecule has 0 unspecified atom stereocenters. The Morgan fingerprint density at radius 2 is 1.32 bits per heavy atom. The van der Waals surface area contributed by atoms with Gasteiger partial charge < -0.3 is 4.74 Å². The lowest BCUT2D eigenvalue weighted by atomic mass is 9.82. The fourth-order valence-corrected chi connectivity index (χ4v) is 5.29. The van der Waals surface area contributed by atoms with Crippen LogP contribution in [-0.4, -0.2) is 4.33 Å². The van der Waals surface area contributed by atoms with Crippen molar-refractivity contribution in [1.29, 1.82) is 0 Å². The van der Waals surface area contributed by atoms with Crippen LogP contribution in [0.2, 0.25) is 0 Å². The maximum atomic E-state index is 6.88. The summed E-state index contributed by atoms with van der Waals surface area (Å²) in [6, 6.07) is 28.7. The van der Waals surface area contributed by atoms with Crippen LogP contribution >= 0.6 is 23.2 Å². The van der Waals surface area contributed by atoms with E-state index in [1.54, 1.807) is 0 Å². The largest absolute Gasteiger partial charge is 0.479 e. The fourth-order valence-electron chi connectivity index (χ4n) is 4.31. The zero-order chi connectivity index (χ0) is 17.1. The van der Waals surface area contributed by atoms with Crippen molar-refractivity contribution in [2.75, 3.05) is 0 Å². The average Bonchev–Trinajstić information content (AvgIpc) is 3.17. The van der Waals surface area contributed by atoms with E-state index in [1.165, 1.54) is 5.56 Å². The lowest BCUT2D eigenvalue weighted by Crippen LogP contribution is -2.28. The minimum atomic E-state index is -0.978. The topological polar surface area (TPSA) is 9.23 Å². The average molecular weight is 367 g/mol. The van der Waals surface area contributed by atoms with E-state index in [0.717, 1.165) is 16.9 Å². The monoisotopic (exact) mass is 366 g/mol. The number of ether oxygens (including phenoxy) is 1. The molecule has 1 aliphatic carbocycles. The normalized spacial score (nSPS) is 28.4. The number of benzene rings is 3. The van der Waals surface area contributed by atoms with Crippen LogP contribution in [-0.2, 0) is 5.60 Å². The Morgan fingerprint density at radius 1 is 0.720 bits per heavy atom. The second-order valence-electron chi connectivity index (χ2n) is 6.73. The van der Waals surface area contributed by atoms with Crippen LogP contribution in [0, 0.1) is 5.92 Å². The maximum absolute atomic E-state index is 6.88. The molecule has 124 valence electrons. The maximum Gasteiger partial charge on any atom is 0.174 e. The molecule has 3 aromatic rings. The highest BCUT2D eigenvalue weighted by molar-refractivity contribution is 6.52. The molecule has 0 bridgehead atoms. The quantitative estimate of drug-likeness (QED) is 0.512. The highest BCUT2D eigenvalue weighted by Crippen LogP contribution is 2.77. The standard InChI is InChI=1S/C22H16Cl2O/c23-22(24)20-19(15-9-3-1-4-10-15)17-13-7-8-14-18(17)25-21(20,22)16-11-5-2-6-12-16/h1-14,19-20H/t19-,20-,21-/m1/s1. The van der Waals surface area contributed by atoms with Crippen molar-refractivity contribution < 1.29 is 4.74 Å². The molecular weight excluding hydrogens is 351 g/mol. The Hall–Kier alpha value is -1.96. The number of alkyl halides is 2. The van der Waals surface area contributed by atoms with E-state index >= 15 is 0 Å². The second-order valence-corrected chi connectivity index (χ2v) is 8.12. The predicted molar refractivity (Wildman–Crippen MR) is 101 cm³/mol. The van der Waals surface area contributed by atoms with E-state index in [1.807, 2.05) is 42.5 Å². The van der Waals surface area contributed by atoms with Crippen LogP contribution in [0.1, 0.15) is 22.6 Å². The van der Waals surface area contributed by atoms with Gasteiger partial charge >= 0.3 is 0 Å². The van der Waals surface area contributed by atoms with E-state index in [2.05, 4.69) is 42.5 Å². The molecule has 1 fully saturated rings. The molecule has 2 aliphatic rings. The van der Waals surface area contributed by atoms with Crippen molar-refractivity contribution in [2.24, 2.45) is 5.92 Å². The summed E-state index contributed by atoms with van der Waals surface area (Å²) in [7, 11) is 0. The lowest BCUT2D eigenvalue weighted by Gasteiger charge is -2.31. The van der Waals surface area contributed by atoms with E-state index in [0.29, 0.717) is 0 Å². The van der Waals surface area contributed by atoms with Gasteiger partial charge in [-0.2, -0.15) is 0 Å². The van der Waals surface area contributed by atoms with Gasteiger partial charge in [0.15, 0.2) is 9.93 Å². The van der Waals surface area contributed by atoms with Crippen LogP contribution in [0.5, 0.6) is 5.75 Å². The van der Waals surface area contributed by atoms with E-state index in [-0.39, 0.29) is 11.8 Å². The lowest BCUT2D eigenvalue weighted by molar-refractivity contribution is 0.137. The molecule has 1 nitrogen and oxygen atoms in total. The van der Waals surface area contributed by atoms with E-state index < -0.39 is 9.93 Å². The SMILES string of the molecule is ClC1(Cl)[C@@H]2[C@H](c3ccccc3)c3ccccc3O[C@]21c1ccccc1. The first kappa shape index (κ1) is 15.3. The Bertz CT molecular complexity index is 923. The molecule has 3 aromatic carbocycles. The van der Waals surface area contributed by atoms with Gasteiger partial charge in [-0.15, -0.1) is 0 Å². The summed E-state index contributed by atoms with van der Waals surface area (Å²) in [5.74, 6) is 0.920. The van der Waals surface area contributed by atoms with Crippen molar-refractivity contribution in [3.63, 3.8) is 0 Å². The van der Waals surface area contributed by atoms with Crippen molar-refractivity contribution in [3.8, 4) is 5.75 Å². The van der Waals surface area contributed by atoms with Gasteiger partial charge in [0.1, 0.15) is 5.75 Å². The Labute approximate surface area is 157 Å². The third kappa shape index (κ3) is 1.97. The van der Waals surface area contributed by atoms with Gasteiger partial charge in [-0.25, -0.2) is 0 Å². The second kappa shape index (κ2) is 5.27. The summed E-state index contributed by atoms with van der Waals surface area (Å²) in [6.45, 7) is 0. The summed E-state index contributed by atoms with van der Waals surface area (Å²) in [5.41, 5.74) is 2.67. The van der Waals surface area contributed by atoms with E-state index in [9.17, 15) is 0 Å². The first-order valence-corrected chi connectivity index (χ1v) is 9.18. The number of halogens is 2. The van der Waals surface area contributed by atoms with Crippen molar-refractivity contribution >= 4 is 23.2 Å². The zero-order valence-corrected chi connectivity index (χ0v) is 14.9. The van der Waals surface area contributed by atoms with Crippen LogP contribution < -0.4 is 4.74 Å². The Balaban J connectivity index is 1.75. The molecular formula is C22H16Cl2O. The summed E-state index contributed by atoms with van der Waals surface area (Å²) in [4.78, 5) is 0. The van der Waals surface area contributed by atoms with Crippen LogP contribution in [0.4, 0.5) is 0 Å². The molecule has 1 saturated carbocycles. The third-order valence-corrected chi connectivity index (χ3v) is 6.49. The first-order chi connectivity index (χ1) is 12.2. The Morgan fingerprint density at radius 3 is 2.04 bits per heavy atom. The number of para-hydroxylation sites is 1. The summed E-state index contributed by atoms with van der Waals surface area (Å²) in [5, 5.41) is 0. The van der Waals surface area contributed by atoms with Gasteiger partial charge in [0.2, 0.25) is 0 Å². The number of hydrogen-bond acceptors (Lipinski definition) is 1. The van der Waals surface area contributed by atoms with Crippen molar-refractivity contribution in [3.05, 3.63) is 102 Å². The van der Waals surface area contributed by atoms with Gasteiger partial charge in [0, 0.05) is 11.5 Å². The molecule has 1 aliphatic heterocycles. The number of fused-ring (bicyclic) bond motifs is 2. The third-order valence-electron chi connectivity index (χ3n) is 5.46. The van der Waals surface area contributed by atoms with Gasteiger partial charge in [-0.3, -0.25) is 0 Å². The van der Waals surface area contributed by atoms with Crippen LogP contribution in [0.15, 0.2) is 84.9 Å². The molecule has 25 heavy (non-hydrogen) atoms. The summed E-state index contributed by atoms with van der Waals surface area (Å²) < 4.78 is 5.50. The zero-order valence-electron chi connectivity index (χ0n) is 13.4. The molecule has 0 spiro atoms. The number of rotatable bonds is 2. The van der Waals surface area contributed by atoms with E-state index in [4.69, 9.17) is 27.9 Å². The summed E-state index contributed by atoms with van der Waals surface area (Å²) >= 11 is 13.8. The van der Waals surface area contributed by atoms with Gasteiger partial charge in [0.05, 0.1) is 5.92 Å². The molecule has 0 aromatic heterocycles. The molecule has 0 N–H and O–H groups in total. The first-order valence-electron chi connectivity index (χ1n) is 8.42. The van der Waals surface area contributed by atoms with Gasteiger partial charge in [-0.1, -0.05) is 102 Å². The highest BCUT2D eigenvalue weighted by atomic mass is 35.5. The molecule has 0 saturated heterocycles. The molecule has 3 heteroatoms. The van der Waals surface area contributed by atoms with Gasteiger partial charge in [-0.05, 0) is 17.2 Å². The van der Waals surface area contributed by atoms with Crippen LogP contribution in [0.25, 0.3) is 0 Å². The molecule has 3 atom stereocenters. The minimum absolute atomic E-state index is 0.0389. The smallest absolute Gasteiger partial charge is 0.174 e. The highest BCUT2D eigenvalue weighted by Gasteiger charge is 2.83. The molecule has 0 radical (unpaired) electrons. The predicted octanol–water partition coefficient (Wildman–Crippen LogP) is 5.91. The number of hydrogen-bond donors (Lipinski definition) is 0. The van der Waals surface area contributed by atoms with Crippen LogP contribution in [0.3, 0.4) is 0 Å². The molecule has 5 rings (SSSR count). The molecule has 0 amide bonds. The van der Waals surface area contributed by atoms with Crippen molar-refractivity contribution in [2.45, 2.75) is 15.9 Å². The molecule has 1 heterocycles. The Kier molecular flexibility index (Phi) is 3.22. The van der Waals surface area contributed by atoms with Crippen molar-refractivity contribution in [1.82, 2.24) is 0 Å². The fraction of sp³-hybridized carbons (Fsp3) is 0.182.